The zero-order valence-corrected chi connectivity index (χ0v) is 2.75. The van der Waals surface area contributed by atoms with E-state index in [0.29, 0.717) is 12.0 Å². The predicted octanol–water partition coefficient (Wildman–Crippen LogP) is 0.783. The van der Waals surface area contributed by atoms with Gasteiger partial charge in [-0.25, -0.2) is 0 Å². The lowest BCUT2D eigenvalue weighted by atomic mass is 11.4. The van der Waals surface area contributed by atoms with Gasteiger partial charge >= 0.3 is 0 Å². The van der Waals surface area contributed by atoms with Gasteiger partial charge in [0.15, 0.2) is 0 Å². The maximum atomic E-state index is 7.56. The summed E-state index contributed by atoms with van der Waals surface area (Å²) in [5.74, 6) is 0. The van der Waals surface area contributed by atoms with E-state index >= 15 is 0 Å². The van der Waals surface area contributed by atoms with E-state index in [0.717, 1.165) is 0 Å². The Bertz CT molecular complexity index is 35.8. The standard InChI is InChI=1S/C2H2OS/c1-2-4-3/h1,3H. The Balaban J connectivity index is 2.43. The Morgan fingerprint density at radius 1 is 2.00 bits per heavy atom. The maximum Gasteiger partial charge on any atom is 0.0787 e. The molecule has 0 aromatic carbocycles. The highest BCUT2D eigenvalue weighted by Crippen LogP contribution is 1.77. The third kappa shape index (κ3) is 1.87. The lowest BCUT2D eigenvalue weighted by Gasteiger charge is -1.53. The Morgan fingerprint density at radius 3 is 2.25 bits per heavy atom. The van der Waals surface area contributed by atoms with Crippen LogP contribution in [0.3, 0.4) is 0 Å². The van der Waals surface area contributed by atoms with E-state index < -0.39 is 0 Å². The van der Waals surface area contributed by atoms with Crippen LogP contribution in [-0.2, 0) is 0 Å². The summed E-state index contributed by atoms with van der Waals surface area (Å²) in [6.07, 6.45) is 4.49. The molecule has 0 saturated heterocycles. The SMILES string of the molecule is C#CSO. The van der Waals surface area contributed by atoms with Gasteiger partial charge in [-0.3, -0.25) is 0 Å². The molecule has 0 radical (unpaired) electrons. The third-order valence-electron chi connectivity index (χ3n) is 0.0527. The van der Waals surface area contributed by atoms with Crippen molar-refractivity contribution in [2.45, 2.75) is 0 Å². The van der Waals surface area contributed by atoms with E-state index in [9.17, 15) is 0 Å². The number of hydrogen-bond donors (Lipinski definition) is 1. The fourth-order valence-corrected chi connectivity index (χ4v) is 0. The second kappa shape index (κ2) is 2.87. The highest BCUT2D eigenvalue weighted by atomic mass is 32.2. The molecular weight excluding hydrogens is 72.1 g/mol. The summed E-state index contributed by atoms with van der Waals surface area (Å²) in [4.78, 5) is 0. The quantitative estimate of drug-likeness (QED) is 0.338. The molecule has 0 saturated carbocycles. The summed E-state index contributed by atoms with van der Waals surface area (Å²) in [6, 6.07) is 0. The van der Waals surface area contributed by atoms with Crippen molar-refractivity contribution < 1.29 is 4.55 Å². The minimum absolute atomic E-state index is 0.384. The third-order valence-corrected chi connectivity index (χ3v) is 0.158. The Labute approximate surface area is 29.2 Å². The monoisotopic (exact) mass is 74.0 g/mol. The van der Waals surface area contributed by atoms with Crippen LogP contribution in [0.4, 0.5) is 0 Å². The molecule has 1 nitrogen and oxygen atoms in total. The molecule has 0 aromatic rings. The summed E-state index contributed by atoms with van der Waals surface area (Å²) in [6.45, 7) is 0. The molecule has 0 rings (SSSR count). The zero-order chi connectivity index (χ0) is 3.41. The molecule has 0 aliphatic heterocycles. The summed E-state index contributed by atoms with van der Waals surface area (Å²) in [7, 11) is 0. The molecule has 4 heavy (non-hydrogen) atoms. The molecule has 0 amide bonds. The van der Waals surface area contributed by atoms with Crippen molar-refractivity contribution in [2.24, 2.45) is 0 Å². The van der Waals surface area contributed by atoms with E-state index in [4.69, 9.17) is 4.55 Å². The first kappa shape index (κ1) is 3.87. The van der Waals surface area contributed by atoms with E-state index in [-0.39, 0.29) is 0 Å². The largest absolute Gasteiger partial charge is 0.319 e. The fourth-order valence-electron chi connectivity index (χ4n) is 0. The first-order valence-electron chi connectivity index (χ1n) is 0.675. The van der Waals surface area contributed by atoms with Crippen LogP contribution in [0, 0.1) is 11.7 Å². The average molecular weight is 74.1 g/mol. The van der Waals surface area contributed by atoms with E-state index in [1.807, 2.05) is 5.25 Å². The highest BCUT2D eigenvalue weighted by molar-refractivity contribution is 7.98. The lowest BCUT2D eigenvalue weighted by molar-refractivity contribution is 0.672. The molecule has 0 heterocycles. The number of terminal acetylenes is 1. The molecule has 0 aromatic heterocycles. The topological polar surface area (TPSA) is 20.2 Å². The van der Waals surface area contributed by atoms with Crippen LogP contribution in [0.15, 0.2) is 0 Å². The fraction of sp³-hybridized carbons (Fsp3) is 0. The molecule has 1 N–H and O–H groups in total. The molecule has 0 spiro atoms. The van der Waals surface area contributed by atoms with Gasteiger partial charge in [-0.15, -0.1) is 6.42 Å². The van der Waals surface area contributed by atoms with Crippen LogP contribution < -0.4 is 0 Å². The second-order valence-electron chi connectivity index (χ2n) is 0.209. The van der Waals surface area contributed by atoms with Crippen LogP contribution in [0.2, 0.25) is 0 Å². The van der Waals surface area contributed by atoms with Crippen molar-refractivity contribution in [3.05, 3.63) is 0 Å². The van der Waals surface area contributed by atoms with Crippen molar-refractivity contribution in [3.63, 3.8) is 0 Å². The van der Waals surface area contributed by atoms with Gasteiger partial charge in [0.2, 0.25) is 0 Å². The minimum Gasteiger partial charge on any atom is -0.319 e. The molecule has 0 bridgehead atoms. The lowest BCUT2D eigenvalue weighted by Crippen LogP contribution is -1.30. The van der Waals surface area contributed by atoms with Gasteiger partial charge in [0, 0.05) is 0 Å². The van der Waals surface area contributed by atoms with Crippen LogP contribution in [0.1, 0.15) is 0 Å². The predicted molar refractivity (Wildman–Crippen MR) is 19.1 cm³/mol. The van der Waals surface area contributed by atoms with Gasteiger partial charge in [0.1, 0.15) is 0 Å². The zero-order valence-electron chi connectivity index (χ0n) is 1.93. The molecule has 0 aliphatic carbocycles. The van der Waals surface area contributed by atoms with Gasteiger partial charge in [0.05, 0.1) is 12.0 Å². The Morgan fingerprint density at radius 2 is 2.25 bits per heavy atom. The second-order valence-corrected chi connectivity index (χ2v) is 0.627. The normalized spacial score (nSPS) is 5.00. The minimum atomic E-state index is 0.384. The van der Waals surface area contributed by atoms with Gasteiger partial charge in [-0.1, -0.05) is 0 Å². The van der Waals surface area contributed by atoms with Crippen LogP contribution in [-0.4, -0.2) is 4.55 Å². The summed E-state index contributed by atoms with van der Waals surface area (Å²) >= 11 is 0.384. The van der Waals surface area contributed by atoms with Crippen LogP contribution >= 0.6 is 12.0 Å². The molecule has 0 fully saturated rings. The van der Waals surface area contributed by atoms with Crippen molar-refractivity contribution in [3.8, 4) is 11.7 Å². The number of rotatable bonds is 0. The Hall–Kier alpha value is -0.130. The van der Waals surface area contributed by atoms with Crippen LogP contribution in [0.25, 0.3) is 0 Å². The van der Waals surface area contributed by atoms with Gasteiger partial charge in [-0.2, -0.15) is 0 Å². The van der Waals surface area contributed by atoms with Crippen molar-refractivity contribution >= 4 is 12.0 Å². The maximum absolute atomic E-state index is 7.56. The van der Waals surface area contributed by atoms with Gasteiger partial charge < -0.3 is 4.55 Å². The van der Waals surface area contributed by atoms with Gasteiger partial charge in [-0.05, 0) is 5.25 Å². The van der Waals surface area contributed by atoms with Gasteiger partial charge in [0.25, 0.3) is 0 Å². The van der Waals surface area contributed by atoms with E-state index in [1.54, 1.807) is 0 Å². The first-order valence-corrected chi connectivity index (χ1v) is 1.45. The first-order chi connectivity index (χ1) is 1.91. The average Bonchev–Trinajstić information content (AvgIpc) is 1.37. The van der Waals surface area contributed by atoms with Crippen molar-refractivity contribution in [1.82, 2.24) is 0 Å². The van der Waals surface area contributed by atoms with E-state index in [2.05, 4.69) is 6.42 Å². The molecule has 22 valence electrons. The highest BCUT2D eigenvalue weighted by Gasteiger charge is 1.45. The van der Waals surface area contributed by atoms with E-state index in [1.165, 1.54) is 0 Å². The molecule has 0 aliphatic rings. The van der Waals surface area contributed by atoms with Crippen LogP contribution in [0.5, 0.6) is 0 Å². The summed E-state index contributed by atoms with van der Waals surface area (Å²) in [5.41, 5.74) is 0. The molecule has 0 atom stereocenters. The molecule has 0 unspecified atom stereocenters. The number of hydrogen-bond acceptors (Lipinski definition) is 2. The Kier molecular flexibility index (Phi) is 2.78. The van der Waals surface area contributed by atoms with Crippen molar-refractivity contribution in [1.29, 1.82) is 0 Å². The summed E-state index contributed by atoms with van der Waals surface area (Å²) in [5, 5.41) is 1.90. The smallest absolute Gasteiger partial charge is 0.0787 e. The van der Waals surface area contributed by atoms with Crippen molar-refractivity contribution in [2.75, 3.05) is 0 Å². The summed E-state index contributed by atoms with van der Waals surface area (Å²) < 4.78 is 7.56. The molecular formula is C2H2OS. The molecule has 2 heteroatoms.